The molecule has 2 heterocycles. The first-order chi connectivity index (χ1) is 13.0. The Morgan fingerprint density at radius 1 is 1.48 bits per heavy atom. The van der Waals surface area contributed by atoms with Gasteiger partial charge in [0.05, 0.1) is 23.8 Å². The summed E-state index contributed by atoms with van der Waals surface area (Å²) in [6.07, 6.45) is 3.39. The molecule has 27 heavy (non-hydrogen) atoms. The van der Waals surface area contributed by atoms with Crippen molar-refractivity contribution in [3.63, 3.8) is 0 Å². The molecule has 1 saturated heterocycles. The second-order valence-corrected chi connectivity index (χ2v) is 8.07. The molecule has 6 nitrogen and oxygen atoms in total. The van der Waals surface area contributed by atoms with E-state index < -0.39 is 0 Å². The number of benzene rings is 1. The van der Waals surface area contributed by atoms with Gasteiger partial charge in [0.25, 0.3) is 0 Å². The number of halogens is 1. The summed E-state index contributed by atoms with van der Waals surface area (Å²) in [4.78, 5) is 11.4. The highest BCUT2D eigenvalue weighted by Crippen LogP contribution is 2.68. The number of aromatic nitrogens is 2. The molecule has 2 unspecified atom stereocenters. The summed E-state index contributed by atoms with van der Waals surface area (Å²) in [5.74, 6) is 0.864. The van der Waals surface area contributed by atoms with Crippen LogP contribution in [0.15, 0.2) is 24.4 Å². The van der Waals surface area contributed by atoms with Crippen LogP contribution in [0.4, 0.5) is 0 Å². The van der Waals surface area contributed by atoms with Crippen LogP contribution in [0.2, 0.25) is 5.02 Å². The van der Waals surface area contributed by atoms with Gasteiger partial charge in [-0.3, -0.25) is 9.48 Å². The van der Waals surface area contributed by atoms with Crippen LogP contribution in [0.5, 0.6) is 11.5 Å². The number of aromatic hydroxyl groups is 1. The monoisotopic (exact) mass is 390 g/mol. The lowest BCUT2D eigenvalue weighted by Crippen LogP contribution is -2.27. The molecule has 144 valence electrons. The highest BCUT2D eigenvalue weighted by Gasteiger charge is 2.67. The maximum atomic E-state index is 11.4. The molecule has 7 heteroatoms. The van der Waals surface area contributed by atoms with Crippen molar-refractivity contribution in [1.82, 2.24) is 9.78 Å². The Morgan fingerprint density at radius 2 is 2.30 bits per heavy atom. The van der Waals surface area contributed by atoms with Gasteiger partial charge in [-0.15, -0.1) is 0 Å². The van der Waals surface area contributed by atoms with E-state index in [1.165, 1.54) is 11.8 Å². The molecule has 2 aromatic rings. The van der Waals surface area contributed by atoms with E-state index in [1.807, 2.05) is 6.20 Å². The summed E-state index contributed by atoms with van der Waals surface area (Å²) in [5, 5.41) is 14.6. The van der Waals surface area contributed by atoms with E-state index in [0.717, 1.165) is 13.0 Å². The molecule has 1 N–H and O–H groups in total. The van der Waals surface area contributed by atoms with Gasteiger partial charge in [0.15, 0.2) is 6.29 Å². The predicted octanol–water partition coefficient (Wildman–Crippen LogP) is 3.83. The van der Waals surface area contributed by atoms with Gasteiger partial charge < -0.3 is 14.6 Å². The maximum absolute atomic E-state index is 11.4. The van der Waals surface area contributed by atoms with Crippen LogP contribution < -0.4 is 4.74 Å². The van der Waals surface area contributed by atoms with Gasteiger partial charge in [-0.25, -0.2) is 0 Å². The predicted molar refractivity (Wildman–Crippen MR) is 101 cm³/mol. The van der Waals surface area contributed by atoms with E-state index in [1.54, 1.807) is 6.07 Å². The number of hydrogen-bond acceptors (Lipinski definition) is 5. The Kier molecular flexibility index (Phi) is 4.64. The quantitative estimate of drug-likeness (QED) is 0.758. The molecule has 4 rings (SSSR count). The Bertz CT molecular complexity index is 866. The molecule has 0 amide bonds. The van der Waals surface area contributed by atoms with Gasteiger partial charge in [0, 0.05) is 35.9 Å². The highest BCUT2D eigenvalue weighted by molar-refractivity contribution is 6.32. The van der Waals surface area contributed by atoms with Gasteiger partial charge in [-0.05, 0) is 44.4 Å². The fourth-order valence-electron chi connectivity index (χ4n) is 4.46. The zero-order valence-corrected chi connectivity index (χ0v) is 16.1. The third-order valence-corrected chi connectivity index (χ3v) is 6.15. The molecule has 1 aromatic heterocycles. The third-order valence-electron chi connectivity index (χ3n) is 5.85. The van der Waals surface area contributed by atoms with Crippen molar-refractivity contribution in [3.05, 3.63) is 40.7 Å². The van der Waals surface area contributed by atoms with E-state index in [-0.39, 0.29) is 27.8 Å². The zero-order chi connectivity index (χ0) is 19.2. The van der Waals surface area contributed by atoms with Crippen molar-refractivity contribution in [2.45, 2.75) is 32.2 Å². The van der Waals surface area contributed by atoms with Crippen LogP contribution in [-0.2, 0) is 4.74 Å². The van der Waals surface area contributed by atoms with Crippen molar-refractivity contribution in [2.75, 3.05) is 19.8 Å². The van der Waals surface area contributed by atoms with Crippen LogP contribution >= 0.6 is 11.6 Å². The van der Waals surface area contributed by atoms with E-state index in [4.69, 9.17) is 21.1 Å². The minimum atomic E-state index is -0.247. The van der Waals surface area contributed by atoms with E-state index in [9.17, 15) is 9.90 Å². The van der Waals surface area contributed by atoms with Gasteiger partial charge in [0.1, 0.15) is 11.5 Å². The molecule has 1 saturated carbocycles. The molecular weight excluding hydrogens is 368 g/mol. The lowest BCUT2D eigenvalue weighted by molar-refractivity contribution is 0.0238. The lowest BCUT2D eigenvalue weighted by atomic mass is 10.0. The average molecular weight is 391 g/mol. The lowest BCUT2D eigenvalue weighted by Gasteiger charge is -2.23. The number of ether oxygens (including phenoxy) is 2. The largest absolute Gasteiger partial charge is 0.505 e. The van der Waals surface area contributed by atoms with Crippen molar-refractivity contribution >= 4 is 17.9 Å². The number of phenols is 1. The van der Waals surface area contributed by atoms with Gasteiger partial charge in [-0.1, -0.05) is 11.6 Å². The summed E-state index contributed by atoms with van der Waals surface area (Å²) in [6.45, 7) is 6.01. The molecule has 1 aliphatic heterocycles. The highest BCUT2D eigenvalue weighted by atomic mass is 35.5. The van der Waals surface area contributed by atoms with Crippen LogP contribution in [0, 0.1) is 11.3 Å². The topological polar surface area (TPSA) is 73.6 Å². The number of aldehydes is 1. The smallest absolute Gasteiger partial charge is 0.157 e. The number of carbonyl (C=O) groups is 1. The van der Waals surface area contributed by atoms with Crippen molar-refractivity contribution in [3.8, 4) is 11.5 Å². The SMILES string of the molecule is CC(C)n1nccc1C1[C@H]2CCOCC12COc1ccc(Cl)c(O)c1C=O. The molecule has 0 bridgehead atoms. The van der Waals surface area contributed by atoms with Crippen LogP contribution in [0.3, 0.4) is 0 Å². The molecule has 3 atom stereocenters. The first kappa shape index (κ1) is 18.3. The van der Waals surface area contributed by atoms with Gasteiger partial charge in [0.2, 0.25) is 0 Å². The standard InChI is InChI=1S/C20H23ClN2O4/c1-12(2)23-16(5-7-22-23)18-14-6-8-26-10-20(14,18)11-27-17-4-3-15(21)19(25)13(17)9-24/h3-5,7,9,12,14,18,25H,6,8,10-11H2,1-2H3/t14-,18?,20?/m1/s1. The third kappa shape index (κ3) is 2.91. The van der Waals surface area contributed by atoms with Crippen LogP contribution in [0.1, 0.15) is 48.3 Å². The minimum absolute atomic E-state index is 0.0802. The normalized spacial score (nSPS) is 26.7. The van der Waals surface area contributed by atoms with E-state index in [0.29, 0.717) is 37.1 Å². The first-order valence-corrected chi connectivity index (χ1v) is 9.58. The minimum Gasteiger partial charge on any atom is -0.505 e. The first-order valence-electron chi connectivity index (χ1n) is 9.20. The molecule has 2 aliphatic rings. The van der Waals surface area contributed by atoms with Crippen LogP contribution in [-0.4, -0.2) is 41.0 Å². The number of fused-ring (bicyclic) bond motifs is 1. The summed E-state index contributed by atoms with van der Waals surface area (Å²) in [7, 11) is 0. The number of carbonyl (C=O) groups excluding carboxylic acids is 1. The molecule has 0 radical (unpaired) electrons. The summed E-state index contributed by atoms with van der Waals surface area (Å²) in [5.41, 5.74) is 1.15. The van der Waals surface area contributed by atoms with E-state index >= 15 is 0 Å². The van der Waals surface area contributed by atoms with Crippen molar-refractivity contribution < 1.29 is 19.4 Å². The second-order valence-electron chi connectivity index (χ2n) is 7.67. The van der Waals surface area contributed by atoms with E-state index in [2.05, 4.69) is 29.7 Å². The van der Waals surface area contributed by atoms with Gasteiger partial charge >= 0.3 is 0 Å². The fourth-order valence-corrected chi connectivity index (χ4v) is 4.62. The summed E-state index contributed by atoms with van der Waals surface area (Å²) < 4.78 is 13.9. The molecule has 0 spiro atoms. The fraction of sp³-hybridized carbons (Fsp3) is 0.500. The Morgan fingerprint density at radius 3 is 3.04 bits per heavy atom. The maximum Gasteiger partial charge on any atom is 0.157 e. The number of rotatable bonds is 6. The average Bonchev–Trinajstić information content (AvgIpc) is 3.05. The Labute approximate surface area is 163 Å². The van der Waals surface area contributed by atoms with Crippen molar-refractivity contribution in [1.29, 1.82) is 0 Å². The van der Waals surface area contributed by atoms with Crippen LogP contribution in [0.25, 0.3) is 0 Å². The van der Waals surface area contributed by atoms with Crippen molar-refractivity contribution in [2.24, 2.45) is 11.3 Å². The molecule has 1 aliphatic carbocycles. The molecular formula is C20H23ClN2O4. The number of hydrogen-bond donors (Lipinski definition) is 1. The molecule has 2 fully saturated rings. The summed E-state index contributed by atoms with van der Waals surface area (Å²) in [6, 6.07) is 5.52. The Balaban J connectivity index is 1.60. The van der Waals surface area contributed by atoms with Gasteiger partial charge in [-0.2, -0.15) is 5.10 Å². The Hall–Kier alpha value is -2.05. The number of nitrogens with zero attached hydrogens (tertiary/aromatic N) is 2. The molecule has 1 aromatic carbocycles. The summed E-state index contributed by atoms with van der Waals surface area (Å²) >= 11 is 5.89. The number of phenolic OH excluding ortho intramolecular Hbond substituents is 1. The second kappa shape index (κ2) is 6.84. The zero-order valence-electron chi connectivity index (χ0n) is 15.4.